The fourth-order valence-corrected chi connectivity index (χ4v) is 1.65. The van der Waals surface area contributed by atoms with E-state index < -0.39 is 0 Å². The highest BCUT2D eigenvalue weighted by atomic mass is 16.5. The zero-order chi connectivity index (χ0) is 11.8. The minimum absolute atomic E-state index is 0.522. The Kier molecular flexibility index (Phi) is 5.82. The molecule has 0 fully saturated rings. The lowest BCUT2D eigenvalue weighted by Crippen LogP contribution is -2.28. The molecule has 0 radical (unpaired) electrons. The number of ether oxygens (including phenoxy) is 1. The average molecular weight is 223 g/mol. The van der Waals surface area contributed by atoms with Crippen molar-refractivity contribution < 1.29 is 4.74 Å². The SMILES string of the molecule is CCOCCN(CC)c1ccncc1CN. The van der Waals surface area contributed by atoms with Crippen LogP contribution in [0, 0.1) is 0 Å². The van der Waals surface area contributed by atoms with Gasteiger partial charge in [0.15, 0.2) is 0 Å². The van der Waals surface area contributed by atoms with Crippen molar-refractivity contribution in [3.8, 4) is 0 Å². The van der Waals surface area contributed by atoms with Crippen molar-refractivity contribution in [3.05, 3.63) is 24.0 Å². The van der Waals surface area contributed by atoms with E-state index in [1.54, 1.807) is 6.20 Å². The summed E-state index contributed by atoms with van der Waals surface area (Å²) in [5.41, 5.74) is 7.95. The molecule has 1 aromatic rings. The molecule has 4 heteroatoms. The van der Waals surface area contributed by atoms with E-state index in [1.807, 2.05) is 19.2 Å². The molecule has 0 spiro atoms. The van der Waals surface area contributed by atoms with Crippen LogP contribution in [0.3, 0.4) is 0 Å². The van der Waals surface area contributed by atoms with Gasteiger partial charge in [-0.1, -0.05) is 0 Å². The maximum Gasteiger partial charge on any atom is 0.0641 e. The summed E-state index contributed by atoms with van der Waals surface area (Å²) >= 11 is 0. The Morgan fingerprint density at radius 1 is 1.44 bits per heavy atom. The van der Waals surface area contributed by atoms with Crippen LogP contribution in [-0.4, -0.2) is 31.3 Å². The third kappa shape index (κ3) is 3.47. The van der Waals surface area contributed by atoms with Gasteiger partial charge in [0.05, 0.1) is 6.61 Å². The first-order valence-electron chi connectivity index (χ1n) is 5.79. The average Bonchev–Trinajstić information content (AvgIpc) is 2.35. The fourth-order valence-electron chi connectivity index (χ4n) is 1.65. The Bertz CT molecular complexity index is 304. The van der Waals surface area contributed by atoms with Crippen molar-refractivity contribution in [2.45, 2.75) is 20.4 Å². The number of anilines is 1. The van der Waals surface area contributed by atoms with E-state index >= 15 is 0 Å². The molecule has 0 aliphatic carbocycles. The largest absolute Gasteiger partial charge is 0.380 e. The number of likely N-dealkylation sites (N-methyl/N-ethyl adjacent to an activating group) is 1. The Morgan fingerprint density at radius 3 is 2.88 bits per heavy atom. The van der Waals surface area contributed by atoms with E-state index in [0.29, 0.717) is 6.54 Å². The van der Waals surface area contributed by atoms with Crippen LogP contribution in [0.1, 0.15) is 19.4 Å². The summed E-state index contributed by atoms with van der Waals surface area (Å²) in [6, 6.07) is 2.01. The Morgan fingerprint density at radius 2 is 2.25 bits per heavy atom. The monoisotopic (exact) mass is 223 g/mol. The van der Waals surface area contributed by atoms with Crippen molar-refractivity contribution in [2.24, 2.45) is 5.73 Å². The molecule has 16 heavy (non-hydrogen) atoms. The first-order valence-corrected chi connectivity index (χ1v) is 5.79. The van der Waals surface area contributed by atoms with Gasteiger partial charge in [-0.05, 0) is 19.9 Å². The molecule has 0 saturated carbocycles. The van der Waals surface area contributed by atoms with Crippen LogP contribution in [0.15, 0.2) is 18.5 Å². The van der Waals surface area contributed by atoms with Gasteiger partial charge in [0.1, 0.15) is 0 Å². The van der Waals surface area contributed by atoms with E-state index in [4.69, 9.17) is 10.5 Å². The quantitative estimate of drug-likeness (QED) is 0.710. The van der Waals surface area contributed by atoms with Crippen LogP contribution in [0.5, 0.6) is 0 Å². The molecule has 0 unspecified atom stereocenters. The van der Waals surface area contributed by atoms with Gasteiger partial charge >= 0.3 is 0 Å². The molecule has 0 bridgehead atoms. The van der Waals surface area contributed by atoms with Crippen LogP contribution in [-0.2, 0) is 11.3 Å². The Labute approximate surface area is 97.4 Å². The minimum atomic E-state index is 0.522. The maximum absolute atomic E-state index is 5.70. The summed E-state index contributed by atoms with van der Waals surface area (Å²) < 4.78 is 5.37. The molecule has 1 heterocycles. The molecule has 0 amide bonds. The summed E-state index contributed by atoms with van der Waals surface area (Å²) in [5, 5.41) is 0. The predicted octanol–water partition coefficient (Wildman–Crippen LogP) is 1.40. The van der Waals surface area contributed by atoms with Gasteiger partial charge in [0.2, 0.25) is 0 Å². The van der Waals surface area contributed by atoms with Gasteiger partial charge in [0, 0.05) is 49.9 Å². The zero-order valence-electron chi connectivity index (χ0n) is 10.1. The summed E-state index contributed by atoms with van der Waals surface area (Å²) in [5.74, 6) is 0. The maximum atomic E-state index is 5.70. The zero-order valence-corrected chi connectivity index (χ0v) is 10.1. The minimum Gasteiger partial charge on any atom is -0.380 e. The number of aromatic nitrogens is 1. The summed E-state index contributed by atoms with van der Waals surface area (Å²) in [6.07, 6.45) is 3.64. The molecule has 0 aliphatic heterocycles. The van der Waals surface area contributed by atoms with E-state index in [9.17, 15) is 0 Å². The van der Waals surface area contributed by atoms with Crippen LogP contribution < -0.4 is 10.6 Å². The van der Waals surface area contributed by atoms with Crippen LogP contribution in [0.4, 0.5) is 5.69 Å². The third-order valence-corrected chi connectivity index (χ3v) is 2.53. The second-order valence-electron chi connectivity index (χ2n) is 3.49. The topological polar surface area (TPSA) is 51.4 Å². The van der Waals surface area contributed by atoms with Gasteiger partial charge in [-0.25, -0.2) is 0 Å². The highest BCUT2D eigenvalue weighted by Gasteiger charge is 2.08. The number of pyridine rings is 1. The molecule has 1 aromatic heterocycles. The van der Waals surface area contributed by atoms with Crippen LogP contribution in [0.2, 0.25) is 0 Å². The Hall–Kier alpha value is -1.13. The molecule has 0 aromatic carbocycles. The molecule has 90 valence electrons. The second kappa shape index (κ2) is 7.19. The highest BCUT2D eigenvalue weighted by Crippen LogP contribution is 2.18. The smallest absolute Gasteiger partial charge is 0.0641 e. The lowest BCUT2D eigenvalue weighted by molar-refractivity contribution is 0.154. The van der Waals surface area contributed by atoms with Gasteiger partial charge in [0.25, 0.3) is 0 Å². The molecular formula is C12H21N3O. The molecule has 4 nitrogen and oxygen atoms in total. The Balaban J connectivity index is 2.69. The predicted molar refractivity (Wildman–Crippen MR) is 66.5 cm³/mol. The molecule has 1 rings (SSSR count). The van der Waals surface area contributed by atoms with Crippen molar-refractivity contribution in [3.63, 3.8) is 0 Å². The molecular weight excluding hydrogens is 202 g/mol. The lowest BCUT2D eigenvalue weighted by Gasteiger charge is -2.25. The number of rotatable bonds is 7. The van der Waals surface area contributed by atoms with E-state index in [1.165, 1.54) is 5.69 Å². The van der Waals surface area contributed by atoms with Crippen LogP contribution >= 0.6 is 0 Å². The first-order chi connectivity index (χ1) is 7.83. The normalized spacial score (nSPS) is 10.4. The van der Waals surface area contributed by atoms with E-state index in [-0.39, 0.29) is 0 Å². The molecule has 0 aliphatic rings. The fraction of sp³-hybridized carbons (Fsp3) is 0.583. The summed E-state index contributed by atoms with van der Waals surface area (Å²) in [6.45, 7) is 8.01. The van der Waals surface area contributed by atoms with E-state index in [0.717, 1.165) is 31.9 Å². The highest BCUT2D eigenvalue weighted by molar-refractivity contribution is 5.52. The van der Waals surface area contributed by atoms with Crippen LogP contribution in [0.25, 0.3) is 0 Å². The van der Waals surface area contributed by atoms with Crippen molar-refractivity contribution in [1.29, 1.82) is 0 Å². The lowest BCUT2D eigenvalue weighted by atomic mass is 10.2. The standard InChI is InChI=1S/C12H21N3O/c1-3-15(7-8-16-4-2)12-5-6-14-10-11(12)9-13/h5-6,10H,3-4,7-9,13H2,1-2H3. The molecule has 2 N–H and O–H groups in total. The summed E-state index contributed by atoms with van der Waals surface area (Å²) in [4.78, 5) is 6.35. The molecule has 0 atom stereocenters. The van der Waals surface area contributed by atoms with Crippen molar-refractivity contribution in [2.75, 3.05) is 31.2 Å². The summed E-state index contributed by atoms with van der Waals surface area (Å²) in [7, 11) is 0. The van der Waals surface area contributed by atoms with E-state index in [2.05, 4.69) is 16.8 Å². The number of nitrogens with two attached hydrogens (primary N) is 1. The van der Waals surface area contributed by atoms with Crippen molar-refractivity contribution >= 4 is 5.69 Å². The van der Waals surface area contributed by atoms with Crippen molar-refractivity contribution in [1.82, 2.24) is 4.98 Å². The number of hydrogen-bond acceptors (Lipinski definition) is 4. The van der Waals surface area contributed by atoms with Gasteiger partial charge in [-0.15, -0.1) is 0 Å². The number of nitrogens with zero attached hydrogens (tertiary/aromatic N) is 2. The van der Waals surface area contributed by atoms with Gasteiger partial charge in [-0.3, -0.25) is 4.98 Å². The number of hydrogen-bond donors (Lipinski definition) is 1. The molecule has 0 saturated heterocycles. The van der Waals surface area contributed by atoms with Gasteiger partial charge in [-0.2, -0.15) is 0 Å². The third-order valence-electron chi connectivity index (χ3n) is 2.53. The second-order valence-corrected chi connectivity index (χ2v) is 3.49. The van der Waals surface area contributed by atoms with Gasteiger partial charge < -0.3 is 15.4 Å². The first kappa shape index (κ1) is 12.9.